The van der Waals surface area contributed by atoms with Crippen LogP contribution in [0.2, 0.25) is 0 Å². The summed E-state index contributed by atoms with van der Waals surface area (Å²) in [5.41, 5.74) is 6.29. The SMILES string of the molecule is Cc1cc(CN2C[C@@H](F)C[C@H]2CNC(=O)[C@H](C)N)on1. The summed E-state index contributed by atoms with van der Waals surface area (Å²) in [5, 5.41) is 6.57. The average molecular weight is 284 g/mol. The van der Waals surface area contributed by atoms with Crippen LogP contribution in [0, 0.1) is 6.92 Å². The number of aromatic nitrogens is 1. The largest absolute Gasteiger partial charge is 0.360 e. The predicted octanol–water partition coefficient (Wildman–Crippen LogP) is 0.359. The fourth-order valence-electron chi connectivity index (χ4n) is 2.40. The Morgan fingerprint density at radius 1 is 1.75 bits per heavy atom. The molecule has 1 saturated heterocycles. The highest BCUT2D eigenvalue weighted by molar-refractivity contribution is 5.80. The van der Waals surface area contributed by atoms with E-state index >= 15 is 0 Å². The van der Waals surface area contributed by atoms with E-state index in [1.165, 1.54) is 0 Å². The van der Waals surface area contributed by atoms with E-state index in [1.807, 2.05) is 17.9 Å². The molecule has 1 aliphatic heterocycles. The molecule has 1 aromatic rings. The molecule has 6 nitrogen and oxygen atoms in total. The van der Waals surface area contributed by atoms with E-state index in [0.717, 1.165) is 5.69 Å². The van der Waals surface area contributed by atoms with Crippen molar-refractivity contribution in [2.75, 3.05) is 13.1 Å². The third-order valence-corrected chi connectivity index (χ3v) is 3.44. The normalized spacial score (nSPS) is 24.8. The van der Waals surface area contributed by atoms with Crippen molar-refractivity contribution >= 4 is 5.91 Å². The second-order valence-corrected chi connectivity index (χ2v) is 5.38. The topological polar surface area (TPSA) is 84.4 Å². The molecule has 0 unspecified atom stereocenters. The van der Waals surface area contributed by atoms with Crippen LogP contribution in [0.3, 0.4) is 0 Å². The van der Waals surface area contributed by atoms with Crippen LogP contribution >= 0.6 is 0 Å². The van der Waals surface area contributed by atoms with Gasteiger partial charge >= 0.3 is 0 Å². The lowest BCUT2D eigenvalue weighted by Gasteiger charge is -2.23. The fourth-order valence-corrected chi connectivity index (χ4v) is 2.40. The van der Waals surface area contributed by atoms with Gasteiger partial charge in [-0.25, -0.2) is 4.39 Å². The molecule has 3 atom stereocenters. The van der Waals surface area contributed by atoms with Crippen LogP contribution < -0.4 is 11.1 Å². The summed E-state index contributed by atoms with van der Waals surface area (Å²) in [6.45, 7) is 4.71. The number of nitrogens with two attached hydrogens (primary N) is 1. The molecule has 0 radical (unpaired) electrons. The van der Waals surface area contributed by atoms with E-state index in [9.17, 15) is 9.18 Å². The number of hydrogen-bond donors (Lipinski definition) is 2. The molecule has 0 saturated carbocycles. The van der Waals surface area contributed by atoms with Gasteiger partial charge in [-0.1, -0.05) is 5.16 Å². The first kappa shape index (κ1) is 14.9. The number of likely N-dealkylation sites (tertiary alicyclic amines) is 1. The number of aryl methyl sites for hydroxylation is 1. The summed E-state index contributed by atoms with van der Waals surface area (Å²) in [6.07, 6.45) is -0.469. The van der Waals surface area contributed by atoms with Gasteiger partial charge in [0, 0.05) is 25.2 Å². The summed E-state index contributed by atoms with van der Waals surface area (Å²) >= 11 is 0. The number of carbonyl (C=O) groups is 1. The van der Waals surface area contributed by atoms with Gasteiger partial charge in [-0.3, -0.25) is 9.69 Å². The van der Waals surface area contributed by atoms with Crippen LogP contribution in [0.25, 0.3) is 0 Å². The van der Waals surface area contributed by atoms with Crippen molar-refractivity contribution in [3.63, 3.8) is 0 Å². The van der Waals surface area contributed by atoms with Crippen molar-refractivity contribution in [1.29, 1.82) is 0 Å². The van der Waals surface area contributed by atoms with Crippen molar-refractivity contribution in [3.05, 3.63) is 17.5 Å². The van der Waals surface area contributed by atoms with Gasteiger partial charge in [0.25, 0.3) is 0 Å². The molecule has 0 aromatic carbocycles. The standard InChI is InChI=1S/C13H21FN4O2/c1-8-3-12(20-17-8)7-18-6-10(14)4-11(18)5-16-13(19)9(2)15/h3,9-11H,4-7,15H2,1-2H3,(H,16,19)/t9-,10-,11-/m0/s1. The number of hydrogen-bond acceptors (Lipinski definition) is 5. The number of nitrogens with zero attached hydrogens (tertiary/aromatic N) is 2. The summed E-state index contributed by atoms with van der Waals surface area (Å²) in [4.78, 5) is 13.4. The van der Waals surface area contributed by atoms with E-state index in [2.05, 4.69) is 10.5 Å². The van der Waals surface area contributed by atoms with E-state index in [-0.39, 0.29) is 11.9 Å². The maximum Gasteiger partial charge on any atom is 0.236 e. The molecule has 0 bridgehead atoms. The highest BCUT2D eigenvalue weighted by Crippen LogP contribution is 2.22. The van der Waals surface area contributed by atoms with E-state index in [1.54, 1.807) is 6.92 Å². The summed E-state index contributed by atoms with van der Waals surface area (Å²) in [6, 6.07) is 1.24. The molecule has 2 heterocycles. The Morgan fingerprint density at radius 3 is 3.10 bits per heavy atom. The Kier molecular flexibility index (Phi) is 4.72. The van der Waals surface area contributed by atoms with Crippen LogP contribution in [-0.4, -0.2) is 47.3 Å². The van der Waals surface area contributed by atoms with Crippen molar-refractivity contribution < 1.29 is 13.7 Å². The molecular weight excluding hydrogens is 263 g/mol. The summed E-state index contributed by atoms with van der Waals surface area (Å²) in [7, 11) is 0. The Labute approximate surface area is 117 Å². The minimum Gasteiger partial charge on any atom is -0.360 e. The molecule has 20 heavy (non-hydrogen) atoms. The van der Waals surface area contributed by atoms with Crippen LogP contribution in [0.4, 0.5) is 4.39 Å². The van der Waals surface area contributed by atoms with Gasteiger partial charge in [-0.05, 0) is 20.3 Å². The minimum atomic E-state index is -0.878. The van der Waals surface area contributed by atoms with Crippen LogP contribution in [0.5, 0.6) is 0 Å². The highest BCUT2D eigenvalue weighted by Gasteiger charge is 2.33. The van der Waals surface area contributed by atoms with Gasteiger partial charge in [0.1, 0.15) is 6.17 Å². The molecule has 1 amide bonds. The minimum absolute atomic E-state index is 0.0434. The van der Waals surface area contributed by atoms with E-state index in [4.69, 9.17) is 10.3 Å². The first-order valence-corrected chi connectivity index (χ1v) is 6.79. The van der Waals surface area contributed by atoms with Crippen LogP contribution in [0.15, 0.2) is 10.6 Å². The number of nitrogens with one attached hydrogen (secondary N) is 1. The second kappa shape index (κ2) is 6.32. The molecule has 1 fully saturated rings. The molecule has 3 N–H and O–H groups in total. The van der Waals surface area contributed by atoms with Gasteiger partial charge in [0.2, 0.25) is 5.91 Å². The van der Waals surface area contributed by atoms with Crippen molar-refractivity contribution in [3.8, 4) is 0 Å². The van der Waals surface area contributed by atoms with Gasteiger partial charge in [-0.2, -0.15) is 0 Å². The van der Waals surface area contributed by atoms with Gasteiger partial charge in [0.15, 0.2) is 5.76 Å². The predicted molar refractivity (Wildman–Crippen MR) is 71.6 cm³/mol. The Morgan fingerprint density at radius 2 is 2.50 bits per heavy atom. The lowest BCUT2D eigenvalue weighted by atomic mass is 10.2. The Bertz CT molecular complexity index is 463. The number of amides is 1. The molecule has 2 rings (SSSR count). The van der Waals surface area contributed by atoms with Crippen LogP contribution in [-0.2, 0) is 11.3 Å². The summed E-state index contributed by atoms with van der Waals surface area (Å²) < 4.78 is 18.7. The fraction of sp³-hybridized carbons (Fsp3) is 0.692. The van der Waals surface area contributed by atoms with Crippen molar-refractivity contribution in [1.82, 2.24) is 15.4 Å². The van der Waals surface area contributed by atoms with E-state index in [0.29, 0.717) is 31.8 Å². The first-order chi connectivity index (χ1) is 9.45. The second-order valence-electron chi connectivity index (χ2n) is 5.38. The molecular formula is C13H21FN4O2. The third kappa shape index (κ3) is 3.77. The average Bonchev–Trinajstić information content (AvgIpc) is 2.93. The van der Waals surface area contributed by atoms with Gasteiger partial charge in [-0.15, -0.1) is 0 Å². The maximum absolute atomic E-state index is 13.6. The van der Waals surface area contributed by atoms with Gasteiger partial charge in [0.05, 0.1) is 18.3 Å². The van der Waals surface area contributed by atoms with E-state index < -0.39 is 12.2 Å². The number of alkyl halides is 1. The first-order valence-electron chi connectivity index (χ1n) is 6.79. The molecule has 1 aliphatic rings. The maximum atomic E-state index is 13.6. The zero-order valence-corrected chi connectivity index (χ0v) is 11.8. The van der Waals surface area contributed by atoms with Gasteiger partial charge < -0.3 is 15.6 Å². The Balaban J connectivity index is 1.91. The monoisotopic (exact) mass is 284 g/mol. The Hall–Kier alpha value is -1.47. The quantitative estimate of drug-likeness (QED) is 0.815. The lowest BCUT2D eigenvalue weighted by Crippen LogP contribution is -2.44. The molecule has 0 aliphatic carbocycles. The summed E-state index contributed by atoms with van der Waals surface area (Å²) in [5.74, 6) is 0.489. The lowest BCUT2D eigenvalue weighted by molar-refractivity contribution is -0.122. The number of rotatable bonds is 5. The van der Waals surface area contributed by atoms with Crippen molar-refractivity contribution in [2.24, 2.45) is 5.73 Å². The van der Waals surface area contributed by atoms with Crippen molar-refractivity contribution in [2.45, 2.75) is 45.1 Å². The zero-order chi connectivity index (χ0) is 14.7. The number of carbonyl (C=O) groups excluding carboxylic acids is 1. The number of halogens is 1. The smallest absolute Gasteiger partial charge is 0.236 e. The molecule has 0 spiro atoms. The third-order valence-electron chi connectivity index (χ3n) is 3.44. The zero-order valence-electron chi connectivity index (χ0n) is 11.8. The molecule has 1 aromatic heterocycles. The highest BCUT2D eigenvalue weighted by atomic mass is 19.1. The van der Waals surface area contributed by atoms with Crippen LogP contribution in [0.1, 0.15) is 24.8 Å². The molecule has 112 valence electrons. The molecule has 7 heteroatoms.